The van der Waals surface area contributed by atoms with Crippen LogP contribution in [0, 0.1) is 5.82 Å². The number of rotatable bonds is 6. The Bertz CT molecular complexity index is 570. The van der Waals surface area contributed by atoms with Crippen LogP contribution in [0.15, 0.2) is 54.6 Å². The topological polar surface area (TPSA) is 29.3 Å². The van der Waals surface area contributed by atoms with Crippen molar-refractivity contribution in [1.82, 2.24) is 4.90 Å². The van der Waals surface area contributed by atoms with Crippen molar-refractivity contribution in [1.29, 1.82) is 0 Å². The van der Waals surface area contributed by atoms with Crippen molar-refractivity contribution in [3.63, 3.8) is 0 Å². The lowest BCUT2D eigenvalue weighted by atomic mass is 9.90. The molecule has 0 spiro atoms. The summed E-state index contributed by atoms with van der Waals surface area (Å²) in [6.45, 7) is 3.36. The van der Waals surface area contributed by atoms with E-state index in [1.54, 1.807) is 6.07 Å². The predicted molar refractivity (Wildman–Crippen MR) is 85.5 cm³/mol. The lowest BCUT2D eigenvalue weighted by Gasteiger charge is -2.38. The van der Waals surface area contributed by atoms with Gasteiger partial charge in [0.25, 0.3) is 0 Å². The van der Waals surface area contributed by atoms with Crippen molar-refractivity contribution in [2.75, 3.05) is 13.6 Å². The van der Waals surface area contributed by atoms with Gasteiger partial charge in [0.15, 0.2) is 0 Å². The molecule has 0 fully saturated rings. The minimum atomic E-state index is -0.280. The van der Waals surface area contributed by atoms with Gasteiger partial charge in [-0.25, -0.2) is 4.39 Å². The molecule has 1 atom stereocenters. The average Bonchev–Trinajstić information content (AvgIpc) is 2.50. The van der Waals surface area contributed by atoms with Crippen LogP contribution < -0.4 is 5.73 Å². The van der Waals surface area contributed by atoms with E-state index in [2.05, 4.69) is 24.0 Å². The lowest BCUT2D eigenvalue weighted by Crippen LogP contribution is -2.51. The molecule has 1 unspecified atom stereocenters. The zero-order valence-electron chi connectivity index (χ0n) is 12.7. The molecule has 2 rings (SSSR count). The van der Waals surface area contributed by atoms with Gasteiger partial charge in [0.2, 0.25) is 0 Å². The Morgan fingerprint density at radius 2 is 1.67 bits per heavy atom. The standard InChI is InChI=1S/C18H23FN2/c1-18(14-20,12-16-10-6-7-11-17(16)19)21(2)13-15-8-4-3-5-9-15/h3-11H,12-14,20H2,1-2H3. The van der Waals surface area contributed by atoms with Crippen molar-refractivity contribution in [2.45, 2.75) is 25.4 Å². The van der Waals surface area contributed by atoms with Gasteiger partial charge >= 0.3 is 0 Å². The highest BCUT2D eigenvalue weighted by Crippen LogP contribution is 2.22. The Morgan fingerprint density at radius 3 is 2.29 bits per heavy atom. The van der Waals surface area contributed by atoms with E-state index in [4.69, 9.17) is 5.73 Å². The summed E-state index contributed by atoms with van der Waals surface area (Å²) in [5.74, 6) is -0.162. The Hall–Kier alpha value is -1.71. The highest BCUT2D eigenvalue weighted by molar-refractivity contribution is 5.21. The highest BCUT2D eigenvalue weighted by Gasteiger charge is 2.29. The van der Waals surface area contributed by atoms with Crippen LogP contribution in [0.5, 0.6) is 0 Å². The van der Waals surface area contributed by atoms with Gasteiger partial charge in [-0.1, -0.05) is 48.5 Å². The van der Waals surface area contributed by atoms with Crippen LogP contribution in [0.3, 0.4) is 0 Å². The number of benzene rings is 2. The predicted octanol–water partition coefficient (Wildman–Crippen LogP) is 3.22. The molecule has 0 amide bonds. The quantitative estimate of drug-likeness (QED) is 0.883. The molecule has 0 saturated carbocycles. The van der Waals surface area contributed by atoms with E-state index >= 15 is 0 Å². The molecule has 2 N–H and O–H groups in total. The summed E-state index contributed by atoms with van der Waals surface area (Å²) in [6.07, 6.45) is 0.597. The molecule has 0 aliphatic heterocycles. The number of hydrogen-bond donors (Lipinski definition) is 1. The van der Waals surface area contributed by atoms with Gasteiger partial charge in [0, 0.05) is 18.6 Å². The molecule has 21 heavy (non-hydrogen) atoms. The summed E-state index contributed by atoms with van der Waals surface area (Å²) in [4.78, 5) is 2.20. The van der Waals surface area contributed by atoms with Gasteiger partial charge in [-0.05, 0) is 37.6 Å². The van der Waals surface area contributed by atoms with Crippen LogP contribution >= 0.6 is 0 Å². The second-order valence-electron chi connectivity index (χ2n) is 5.81. The zero-order chi connectivity index (χ0) is 15.3. The summed E-state index contributed by atoms with van der Waals surface area (Å²) in [5.41, 5.74) is 7.66. The zero-order valence-corrected chi connectivity index (χ0v) is 12.7. The maximum Gasteiger partial charge on any atom is 0.126 e. The first-order chi connectivity index (χ1) is 10.0. The van der Waals surface area contributed by atoms with Crippen molar-refractivity contribution in [3.05, 3.63) is 71.5 Å². The third kappa shape index (κ3) is 3.90. The first kappa shape index (κ1) is 15.7. The van der Waals surface area contributed by atoms with E-state index in [1.807, 2.05) is 37.4 Å². The largest absolute Gasteiger partial charge is 0.329 e. The van der Waals surface area contributed by atoms with E-state index in [9.17, 15) is 4.39 Å². The molecule has 112 valence electrons. The minimum Gasteiger partial charge on any atom is -0.329 e. The monoisotopic (exact) mass is 286 g/mol. The first-order valence-corrected chi connectivity index (χ1v) is 7.24. The highest BCUT2D eigenvalue weighted by atomic mass is 19.1. The Kier molecular flexibility index (Phi) is 5.10. The van der Waals surface area contributed by atoms with Gasteiger partial charge in [0.05, 0.1) is 0 Å². The summed E-state index contributed by atoms with van der Waals surface area (Å²) < 4.78 is 13.9. The molecule has 0 aromatic heterocycles. The van der Waals surface area contributed by atoms with Crippen LogP contribution in [-0.4, -0.2) is 24.0 Å². The molecule has 0 aliphatic rings. The first-order valence-electron chi connectivity index (χ1n) is 7.24. The third-order valence-electron chi connectivity index (χ3n) is 4.15. The fourth-order valence-electron chi connectivity index (χ4n) is 2.46. The number of nitrogens with two attached hydrogens (primary N) is 1. The molecule has 0 bridgehead atoms. The van der Waals surface area contributed by atoms with Gasteiger partial charge in [0.1, 0.15) is 5.82 Å². The summed E-state index contributed by atoms with van der Waals surface area (Å²) in [7, 11) is 2.04. The van der Waals surface area contributed by atoms with Gasteiger partial charge < -0.3 is 5.73 Å². The Morgan fingerprint density at radius 1 is 1.05 bits per heavy atom. The van der Waals surface area contributed by atoms with Gasteiger partial charge in [-0.3, -0.25) is 4.90 Å². The third-order valence-corrected chi connectivity index (χ3v) is 4.15. The second kappa shape index (κ2) is 6.83. The molecular formula is C18H23FN2. The number of halogens is 1. The Labute approximate surface area is 126 Å². The fourth-order valence-corrected chi connectivity index (χ4v) is 2.46. The SMILES string of the molecule is CN(Cc1ccccc1)C(C)(CN)Cc1ccccc1F. The number of nitrogens with zero attached hydrogens (tertiary/aromatic N) is 1. The molecule has 0 saturated heterocycles. The number of likely N-dealkylation sites (N-methyl/N-ethyl adjacent to an activating group) is 1. The van der Waals surface area contributed by atoms with Crippen LogP contribution in [0.2, 0.25) is 0 Å². The van der Waals surface area contributed by atoms with Crippen molar-refractivity contribution in [3.8, 4) is 0 Å². The van der Waals surface area contributed by atoms with Crippen LogP contribution in [0.4, 0.5) is 4.39 Å². The van der Waals surface area contributed by atoms with Crippen molar-refractivity contribution >= 4 is 0 Å². The summed E-state index contributed by atoms with van der Waals surface area (Å²) in [5, 5.41) is 0. The molecule has 3 heteroatoms. The van der Waals surface area contributed by atoms with Crippen molar-refractivity contribution < 1.29 is 4.39 Å². The van der Waals surface area contributed by atoms with E-state index in [1.165, 1.54) is 11.6 Å². The van der Waals surface area contributed by atoms with Crippen LogP contribution in [0.25, 0.3) is 0 Å². The molecule has 2 aromatic rings. The van der Waals surface area contributed by atoms with E-state index < -0.39 is 0 Å². The van der Waals surface area contributed by atoms with Crippen molar-refractivity contribution in [2.24, 2.45) is 5.73 Å². The Balaban J connectivity index is 2.14. The number of hydrogen-bond acceptors (Lipinski definition) is 2. The maximum absolute atomic E-state index is 13.9. The average molecular weight is 286 g/mol. The molecular weight excluding hydrogens is 263 g/mol. The van der Waals surface area contributed by atoms with Gasteiger partial charge in [-0.15, -0.1) is 0 Å². The van der Waals surface area contributed by atoms with Crippen LogP contribution in [-0.2, 0) is 13.0 Å². The van der Waals surface area contributed by atoms with E-state index in [0.29, 0.717) is 18.5 Å². The molecule has 2 aromatic carbocycles. The van der Waals surface area contributed by atoms with Gasteiger partial charge in [-0.2, -0.15) is 0 Å². The lowest BCUT2D eigenvalue weighted by molar-refractivity contribution is 0.135. The second-order valence-corrected chi connectivity index (χ2v) is 5.81. The smallest absolute Gasteiger partial charge is 0.126 e. The van der Waals surface area contributed by atoms with E-state index in [-0.39, 0.29) is 11.4 Å². The summed E-state index contributed by atoms with van der Waals surface area (Å²) in [6, 6.07) is 17.2. The van der Waals surface area contributed by atoms with Crippen LogP contribution in [0.1, 0.15) is 18.1 Å². The fraction of sp³-hybridized carbons (Fsp3) is 0.333. The minimum absolute atomic E-state index is 0.162. The molecule has 0 radical (unpaired) electrons. The molecule has 0 heterocycles. The molecule has 2 nitrogen and oxygen atoms in total. The molecule has 0 aliphatic carbocycles. The normalized spacial score (nSPS) is 14.1. The maximum atomic E-state index is 13.9. The summed E-state index contributed by atoms with van der Waals surface area (Å²) >= 11 is 0. The van der Waals surface area contributed by atoms with E-state index in [0.717, 1.165) is 6.54 Å².